The van der Waals surface area contributed by atoms with Crippen LogP contribution in [0.15, 0.2) is 218 Å². The average molecular weight is 973 g/mol. The molecule has 354 valence electrons. The second-order valence-corrected chi connectivity index (χ2v) is 33.2. The van der Waals surface area contributed by atoms with Gasteiger partial charge in [-0.1, -0.05) is 203 Å². The van der Waals surface area contributed by atoms with Crippen LogP contribution in [0.1, 0.15) is 25.0 Å². The Labute approximate surface area is 431 Å². The van der Waals surface area contributed by atoms with Crippen LogP contribution >= 0.6 is 0 Å². The topological polar surface area (TPSA) is 6.48 Å². The van der Waals surface area contributed by atoms with E-state index in [4.69, 9.17) is 0 Å². The van der Waals surface area contributed by atoms with Crippen LogP contribution in [-0.2, 0) is 5.41 Å². The van der Waals surface area contributed by atoms with Crippen molar-refractivity contribution < 1.29 is 0 Å². The van der Waals surface area contributed by atoms with Crippen molar-refractivity contribution in [3.63, 3.8) is 0 Å². The van der Waals surface area contributed by atoms with E-state index in [1.807, 2.05) is 0 Å². The molecule has 0 amide bonds. The lowest BCUT2D eigenvalue weighted by Gasteiger charge is -2.37. The molecule has 2 nitrogen and oxygen atoms in total. The number of hydrogen-bond donors (Lipinski definition) is 0. The fourth-order valence-corrected chi connectivity index (χ4v) is 14.3. The number of nitrogens with zero attached hydrogens (tertiary/aromatic N) is 2. The molecule has 0 aromatic heterocycles. The molecule has 12 aromatic carbocycles. The first-order valence-corrected chi connectivity index (χ1v) is 33.0. The van der Waals surface area contributed by atoms with Crippen molar-refractivity contribution in [2.75, 3.05) is 9.80 Å². The summed E-state index contributed by atoms with van der Waals surface area (Å²) >= 11 is 0. The van der Waals surface area contributed by atoms with E-state index in [0.29, 0.717) is 0 Å². The van der Waals surface area contributed by atoms with E-state index in [1.165, 1.54) is 97.3 Å². The molecular formula is C69H60N2Si2. The Kier molecular flexibility index (Phi) is 10.3. The Morgan fingerprint density at radius 3 is 1.16 bits per heavy atom. The van der Waals surface area contributed by atoms with Crippen molar-refractivity contribution in [2.24, 2.45) is 0 Å². The summed E-state index contributed by atoms with van der Waals surface area (Å²) < 4.78 is 0. The molecule has 1 aliphatic carbocycles. The predicted molar refractivity (Wildman–Crippen MR) is 324 cm³/mol. The maximum Gasteiger partial charge on any atom is 0.0775 e. The molecule has 0 N–H and O–H groups in total. The first-order valence-electron chi connectivity index (χ1n) is 26.0. The number of fused-ring (bicyclic) bond motifs is 10. The number of hydrogen-bond acceptors (Lipinski definition) is 2. The average Bonchev–Trinajstić information content (AvgIpc) is 3.40. The molecule has 0 fully saturated rings. The summed E-state index contributed by atoms with van der Waals surface area (Å²) in [5, 5.41) is 18.2. The highest BCUT2D eigenvalue weighted by Crippen LogP contribution is 2.53. The first kappa shape index (κ1) is 45.1. The van der Waals surface area contributed by atoms with Crippen LogP contribution in [0.2, 0.25) is 39.3 Å². The Morgan fingerprint density at radius 2 is 0.671 bits per heavy atom. The van der Waals surface area contributed by atoms with Crippen molar-refractivity contribution in [1.82, 2.24) is 0 Å². The highest BCUT2D eigenvalue weighted by molar-refractivity contribution is 6.89. The van der Waals surface area contributed by atoms with Crippen LogP contribution in [0.4, 0.5) is 34.1 Å². The van der Waals surface area contributed by atoms with E-state index in [-0.39, 0.29) is 5.41 Å². The van der Waals surface area contributed by atoms with Gasteiger partial charge in [0.05, 0.1) is 16.1 Å². The molecule has 73 heavy (non-hydrogen) atoms. The van der Waals surface area contributed by atoms with Crippen molar-refractivity contribution in [3.05, 3.63) is 230 Å². The minimum Gasteiger partial charge on any atom is -0.310 e. The predicted octanol–water partition coefficient (Wildman–Crippen LogP) is 18.9. The van der Waals surface area contributed by atoms with E-state index in [0.717, 1.165) is 34.1 Å². The highest BCUT2D eigenvalue weighted by Gasteiger charge is 2.35. The third kappa shape index (κ3) is 7.49. The number of anilines is 6. The van der Waals surface area contributed by atoms with Crippen molar-refractivity contribution in [3.8, 4) is 11.1 Å². The van der Waals surface area contributed by atoms with Gasteiger partial charge in [0.25, 0.3) is 0 Å². The standard InChI is InChI=1S/C69H60N2Si2/c1-69(2)66-19-13-18-61-64-43-54(70(50-30-35-56(36-31-50)72(3,4)5)52-27-24-47-22-20-45-14-9-11-16-58(45)62(47)41-52)29-26-49(64)40-65(68(61)66)60-39-34-55(44-67(60)69)71(51-32-37-57(38-33-51)73(6,7)8)53-28-25-48-23-21-46-15-10-12-17-59(46)63(48)42-53/h9-44H,1-8H3. The third-order valence-corrected chi connectivity index (χ3v) is 20.2. The van der Waals surface area contributed by atoms with Crippen molar-refractivity contribution in [1.29, 1.82) is 0 Å². The molecule has 0 saturated heterocycles. The Balaban J connectivity index is 0.974. The Morgan fingerprint density at radius 1 is 0.288 bits per heavy atom. The Bertz CT molecular complexity index is 4190. The molecule has 0 atom stereocenters. The second-order valence-electron chi connectivity index (χ2n) is 23.1. The summed E-state index contributed by atoms with van der Waals surface area (Å²) in [6, 6.07) is 83.2. The zero-order valence-electron chi connectivity index (χ0n) is 43.2. The summed E-state index contributed by atoms with van der Waals surface area (Å²) in [5.74, 6) is 0. The monoisotopic (exact) mass is 972 g/mol. The summed E-state index contributed by atoms with van der Waals surface area (Å²) in [4.78, 5) is 4.94. The van der Waals surface area contributed by atoms with Crippen LogP contribution in [0, 0.1) is 0 Å². The van der Waals surface area contributed by atoms with Crippen LogP contribution < -0.4 is 20.2 Å². The van der Waals surface area contributed by atoms with Gasteiger partial charge in [0.1, 0.15) is 0 Å². The van der Waals surface area contributed by atoms with Crippen LogP contribution in [0.3, 0.4) is 0 Å². The summed E-state index contributed by atoms with van der Waals surface area (Å²) in [6.45, 7) is 19.4. The van der Waals surface area contributed by atoms with E-state index >= 15 is 0 Å². The van der Waals surface area contributed by atoms with E-state index in [9.17, 15) is 0 Å². The quantitative estimate of drug-likeness (QED) is 0.111. The van der Waals surface area contributed by atoms with Gasteiger partial charge in [0.15, 0.2) is 0 Å². The Hall–Kier alpha value is -7.77. The first-order chi connectivity index (χ1) is 35.2. The largest absolute Gasteiger partial charge is 0.310 e. The number of benzene rings is 12. The smallest absolute Gasteiger partial charge is 0.0775 e. The van der Waals surface area contributed by atoms with Gasteiger partial charge in [-0.3, -0.25) is 0 Å². The second kappa shape index (κ2) is 16.6. The van der Waals surface area contributed by atoms with Crippen LogP contribution in [-0.4, -0.2) is 16.1 Å². The van der Waals surface area contributed by atoms with Gasteiger partial charge in [-0.25, -0.2) is 0 Å². The molecule has 1 aliphatic rings. The third-order valence-electron chi connectivity index (χ3n) is 16.1. The molecule has 0 unspecified atom stereocenters. The van der Waals surface area contributed by atoms with Gasteiger partial charge in [0, 0.05) is 39.5 Å². The summed E-state index contributed by atoms with van der Waals surface area (Å²) in [5.41, 5.74) is 12.0. The van der Waals surface area contributed by atoms with Gasteiger partial charge < -0.3 is 9.80 Å². The summed E-state index contributed by atoms with van der Waals surface area (Å²) in [7, 11) is -3.03. The fourth-order valence-electron chi connectivity index (χ4n) is 12.0. The molecular weight excluding hydrogens is 913 g/mol. The van der Waals surface area contributed by atoms with Gasteiger partial charge in [-0.15, -0.1) is 0 Å². The summed E-state index contributed by atoms with van der Waals surface area (Å²) in [6.07, 6.45) is 0. The van der Waals surface area contributed by atoms with Gasteiger partial charge in [-0.05, 0) is 166 Å². The van der Waals surface area contributed by atoms with Gasteiger partial charge >= 0.3 is 0 Å². The minimum atomic E-state index is -1.52. The molecule has 13 rings (SSSR count). The van der Waals surface area contributed by atoms with Gasteiger partial charge in [0.2, 0.25) is 0 Å². The van der Waals surface area contributed by atoms with E-state index < -0.39 is 16.1 Å². The highest BCUT2D eigenvalue weighted by atomic mass is 28.3. The molecule has 0 radical (unpaired) electrons. The maximum atomic E-state index is 2.49. The molecule has 0 aliphatic heterocycles. The lowest BCUT2D eigenvalue weighted by Crippen LogP contribution is -2.37. The SMILES string of the molecule is CC1(C)c2cc(N(c3ccc([Si](C)(C)C)cc3)c3ccc4ccc5ccccc5c4c3)ccc2-c2cc3ccc(N(c4ccc([Si](C)(C)C)cc4)c4ccc5ccc6ccccc6c5c4)cc3c3cccc1c23. The normalized spacial score (nSPS) is 13.3. The van der Waals surface area contributed by atoms with Gasteiger partial charge in [-0.2, -0.15) is 0 Å². The molecule has 12 aromatic rings. The molecule has 0 bridgehead atoms. The molecule has 0 heterocycles. The van der Waals surface area contributed by atoms with Crippen LogP contribution in [0.5, 0.6) is 0 Å². The zero-order chi connectivity index (χ0) is 50.0. The fraction of sp³-hybridized carbons (Fsp3) is 0.130. The molecule has 4 heteroatoms. The molecule has 0 saturated carbocycles. The van der Waals surface area contributed by atoms with E-state index in [2.05, 4.69) is 281 Å². The minimum absolute atomic E-state index is 0.284. The maximum absolute atomic E-state index is 2.49. The van der Waals surface area contributed by atoms with Crippen molar-refractivity contribution >= 4 is 125 Å². The van der Waals surface area contributed by atoms with Crippen molar-refractivity contribution in [2.45, 2.75) is 58.5 Å². The zero-order valence-corrected chi connectivity index (χ0v) is 45.2. The number of rotatable bonds is 8. The lowest BCUT2D eigenvalue weighted by atomic mass is 9.68. The molecule has 0 spiro atoms. The van der Waals surface area contributed by atoms with E-state index in [1.54, 1.807) is 0 Å². The lowest BCUT2D eigenvalue weighted by molar-refractivity contribution is 0.645. The van der Waals surface area contributed by atoms with Crippen LogP contribution in [0.25, 0.3) is 75.8 Å².